The van der Waals surface area contributed by atoms with Crippen LogP contribution in [0.15, 0.2) is 35.1 Å². The first-order valence-electron chi connectivity index (χ1n) is 9.67. The van der Waals surface area contributed by atoms with Crippen LogP contribution in [0.1, 0.15) is 23.3 Å². The number of nitrogens with zero attached hydrogens (tertiary/aromatic N) is 2. The fourth-order valence-electron chi connectivity index (χ4n) is 3.78. The van der Waals surface area contributed by atoms with Crippen LogP contribution in [0.25, 0.3) is 10.2 Å². The largest absolute Gasteiger partial charge is 0.355 e. The lowest BCUT2D eigenvalue weighted by Gasteiger charge is -2.22. The Morgan fingerprint density at radius 3 is 3.10 bits per heavy atom. The fraction of sp³-hybridized carbons (Fsp3) is 0.381. The summed E-state index contributed by atoms with van der Waals surface area (Å²) < 4.78 is 1.03. The Bertz CT molecular complexity index is 1020. The average Bonchev–Trinajstić information content (AvgIpc) is 3.07. The molecule has 0 spiro atoms. The number of hydrogen-bond donors (Lipinski definition) is 2. The summed E-state index contributed by atoms with van der Waals surface area (Å²) in [5, 5.41) is 7.62. The van der Waals surface area contributed by atoms with E-state index >= 15 is 0 Å². The van der Waals surface area contributed by atoms with Gasteiger partial charge in [0.15, 0.2) is 0 Å². The molecule has 8 heteroatoms. The predicted octanol–water partition coefficient (Wildman–Crippen LogP) is 5.17. The molecule has 1 atom stereocenters. The molecule has 2 heterocycles. The minimum atomic E-state index is 0.172. The molecule has 1 aliphatic carbocycles. The second-order valence-electron chi connectivity index (χ2n) is 7.20. The Morgan fingerprint density at radius 2 is 2.28 bits per heavy atom. The molecule has 0 aliphatic heterocycles. The number of rotatable bonds is 7. The number of aromatic nitrogens is 2. The van der Waals surface area contributed by atoms with Crippen molar-refractivity contribution in [2.24, 2.45) is 5.92 Å². The highest BCUT2D eigenvalue weighted by molar-refractivity contribution is 9.10. The van der Waals surface area contributed by atoms with E-state index in [-0.39, 0.29) is 5.91 Å². The van der Waals surface area contributed by atoms with Crippen molar-refractivity contribution in [1.29, 1.82) is 0 Å². The minimum Gasteiger partial charge on any atom is -0.355 e. The molecule has 3 aromatic rings. The summed E-state index contributed by atoms with van der Waals surface area (Å²) in [4.78, 5) is 23.6. The van der Waals surface area contributed by atoms with Gasteiger partial charge in [0.25, 0.3) is 0 Å². The average molecular weight is 491 g/mol. The standard InChI is InChI=1S/C21H23BrN4OS2/c1-28-8-7-23-18(27)10-13-5-6-16-17(9-13)29-21-19(16)20(24-12-25-21)26-15-4-2-3-14(22)11-15/h2-4,11-13H,5-10H2,1H3,(H,23,27)(H,24,25,26). The molecular formula is C21H23BrN4OS2. The first-order valence-corrected chi connectivity index (χ1v) is 12.7. The summed E-state index contributed by atoms with van der Waals surface area (Å²) >= 11 is 7.01. The van der Waals surface area contributed by atoms with Crippen LogP contribution >= 0.6 is 39.0 Å². The van der Waals surface area contributed by atoms with Gasteiger partial charge in [-0.05, 0) is 55.2 Å². The number of carbonyl (C=O) groups excluding carboxylic acids is 1. The van der Waals surface area contributed by atoms with Gasteiger partial charge in [0.05, 0.1) is 5.39 Å². The van der Waals surface area contributed by atoms with E-state index in [2.05, 4.69) is 42.8 Å². The Balaban J connectivity index is 1.52. The zero-order valence-electron chi connectivity index (χ0n) is 16.2. The summed E-state index contributed by atoms with van der Waals surface area (Å²) in [7, 11) is 0. The number of halogens is 1. The van der Waals surface area contributed by atoms with Gasteiger partial charge in [-0.15, -0.1) is 11.3 Å². The van der Waals surface area contributed by atoms with Crippen molar-refractivity contribution in [3.8, 4) is 0 Å². The van der Waals surface area contributed by atoms with Crippen molar-refractivity contribution in [1.82, 2.24) is 15.3 Å². The number of carbonyl (C=O) groups is 1. The van der Waals surface area contributed by atoms with E-state index in [4.69, 9.17) is 0 Å². The predicted molar refractivity (Wildman–Crippen MR) is 126 cm³/mol. The molecule has 2 N–H and O–H groups in total. The Morgan fingerprint density at radius 1 is 1.38 bits per heavy atom. The number of amides is 1. The van der Waals surface area contributed by atoms with Gasteiger partial charge in [-0.2, -0.15) is 11.8 Å². The molecule has 29 heavy (non-hydrogen) atoms. The van der Waals surface area contributed by atoms with E-state index in [1.54, 1.807) is 29.4 Å². The molecule has 1 aliphatic rings. The van der Waals surface area contributed by atoms with Gasteiger partial charge >= 0.3 is 0 Å². The van der Waals surface area contributed by atoms with E-state index < -0.39 is 0 Å². The van der Waals surface area contributed by atoms with Gasteiger partial charge in [0, 0.05) is 33.8 Å². The molecular weight excluding hydrogens is 468 g/mol. The maximum Gasteiger partial charge on any atom is 0.220 e. The van der Waals surface area contributed by atoms with Gasteiger partial charge < -0.3 is 10.6 Å². The van der Waals surface area contributed by atoms with Crippen LogP contribution < -0.4 is 10.6 Å². The Labute approximate surface area is 187 Å². The molecule has 0 saturated heterocycles. The SMILES string of the molecule is CSCCNC(=O)CC1CCc2c(sc3ncnc(Nc4cccc(Br)c4)c23)C1. The second kappa shape index (κ2) is 9.45. The first-order chi connectivity index (χ1) is 14.1. The van der Waals surface area contributed by atoms with Crippen molar-refractivity contribution < 1.29 is 4.79 Å². The van der Waals surface area contributed by atoms with Crippen molar-refractivity contribution in [2.75, 3.05) is 23.9 Å². The molecule has 0 saturated carbocycles. The number of anilines is 2. The van der Waals surface area contributed by atoms with Crippen LogP contribution in [0.2, 0.25) is 0 Å². The second-order valence-corrected chi connectivity index (χ2v) is 10.2. The summed E-state index contributed by atoms with van der Waals surface area (Å²) in [5.41, 5.74) is 2.34. The number of hydrogen-bond acceptors (Lipinski definition) is 6. The molecule has 0 radical (unpaired) electrons. The lowest BCUT2D eigenvalue weighted by atomic mass is 9.85. The number of fused-ring (bicyclic) bond motifs is 3. The summed E-state index contributed by atoms with van der Waals surface area (Å²) in [6.07, 6.45) is 7.23. The van der Waals surface area contributed by atoms with Crippen LogP contribution in [-0.2, 0) is 17.6 Å². The topological polar surface area (TPSA) is 66.9 Å². The molecule has 0 bridgehead atoms. The first kappa shape index (κ1) is 20.6. The lowest BCUT2D eigenvalue weighted by Crippen LogP contribution is -2.29. The molecule has 1 aromatic carbocycles. The highest BCUT2D eigenvalue weighted by Gasteiger charge is 2.26. The fourth-order valence-corrected chi connectivity index (χ4v) is 5.78. The van der Waals surface area contributed by atoms with Crippen molar-refractivity contribution in [2.45, 2.75) is 25.7 Å². The maximum absolute atomic E-state index is 12.2. The van der Waals surface area contributed by atoms with Crippen LogP contribution in [0, 0.1) is 5.92 Å². The zero-order valence-corrected chi connectivity index (χ0v) is 19.4. The molecule has 1 unspecified atom stereocenters. The van der Waals surface area contributed by atoms with E-state index in [0.29, 0.717) is 12.3 Å². The Hall–Kier alpha value is -1.64. The summed E-state index contributed by atoms with van der Waals surface area (Å²) in [5.74, 6) is 2.40. The van der Waals surface area contributed by atoms with Crippen molar-refractivity contribution in [3.05, 3.63) is 45.5 Å². The zero-order chi connectivity index (χ0) is 20.2. The van der Waals surface area contributed by atoms with E-state index in [1.165, 1.54) is 10.4 Å². The van der Waals surface area contributed by atoms with Crippen LogP contribution in [0.5, 0.6) is 0 Å². The molecule has 2 aromatic heterocycles. The van der Waals surface area contributed by atoms with Gasteiger partial charge in [-0.25, -0.2) is 9.97 Å². The molecule has 0 fully saturated rings. The molecule has 5 nitrogen and oxygen atoms in total. The third-order valence-corrected chi connectivity index (χ3v) is 7.41. The van der Waals surface area contributed by atoms with Crippen molar-refractivity contribution in [3.63, 3.8) is 0 Å². The van der Waals surface area contributed by atoms with Crippen LogP contribution in [-0.4, -0.2) is 34.4 Å². The molecule has 152 valence electrons. The van der Waals surface area contributed by atoms with Crippen molar-refractivity contribution >= 4 is 66.7 Å². The van der Waals surface area contributed by atoms with Gasteiger partial charge in [0.2, 0.25) is 5.91 Å². The lowest BCUT2D eigenvalue weighted by molar-refractivity contribution is -0.121. The monoisotopic (exact) mass is 490 g/mol. The van der Waals surface area contributed by atoms with Crippen LogP contribution in [0.4, 0.5) is 11.5 Å². The van der Waals surface area contributed by atoms with Gasteiger partial charge in [-0.1, -0.05) is 22.0 Å². The number of benzene rings is 1. The highest BCUT2D eigenvalue weighted by atomic mass is 79.9. The van der Waals surface area contributed by atoms with Gasteiger partial charge in [0.1, 0.15) is 17.0 Å². The number of thiophene rings is 1. The number of aryl methyl sites for hydroxylation is 1. The van der Waals surface area contributed by atoms with E-state index in [0.717, 1.165) is 57.8 Å². The molecule has 1 amide bonds. The third-order valence-electron chi connectivity index (χ3n) is 5.14. The van der Waals surface area contributed by atoms with E-state index in [9.17, 15) is 4.79 Å². The number of thioether (sulfide) groups is 1. The third kappa shape index (κ3) is 4.92. The highest BCUT2D eigenvalue weighted by Crippen LogP contribution is 2.41. The molecule has 4 rings (SSSR count). The maximum atomic E-state index is 12.2. The smallest absolute Gasteiger partial charge is 0.220 e. The Kier molecular flexibility index (Phi) is 6.72. The number of nitrogens with one attached hydrogen (secondary N) is 2. The minimum absolute atomic E-state index is 0.172. The normalized spacial score (nSPS) is 15.9. The summed E-state index contributed by atoms with van der Waals surface area (Å²) in [6.45, 7) is 0.751. The summed E-state index contributed by atoms with van der Waals surface area (Å²) in [6, 6.07) is 8.08. The van der Waals surface area contributed by atoms with E-state index in [1.807, 2.05) is 24.3 Å². The quantitative estimate of drug-likeness (QED) is 0.447. The van der Waals surface area contributed by atoms with Gasteiger partial charge in [-0.3, -0.25) is 4.79 Å². The van der Waals surface area contributed by atoms with Crippen LogP contribution in [0.3, 0.4) is 0 Å².